The van der Waals surface area contributed by atoms with Crippen molar-refractivity contribution in [2.45, 2.75) is 32.0 Å². The molecular formula is C11H15F3N2O4. The molecule has 1 saturated heterocycles. The van der Waals surface area contributed by atoms with E-state index in [0.717, 1.165) is 0 Å². The molecule has 9 heteroatoms. The molecule has 0 aromatic carbocycles. The number of aliphatic carboxylic acids is 1. The monoisotopic (exact) mass is 296 g/mol. The number of nitrogens with one attached hydrogen (secondary N) is 1. The summed E-state index contributed by atoms with van der Waals surface area (Å²) in [6.45, 7) is 2.39. The Bertz CT molecular complexity index is 438. The first-order valence-electron chi connectivity index (χ1n) is 5.92. The van der Waals surface area contributed by atoms with Gasteiger partial charge in [-0.2, -0.15) is 13.2 Å². The van der Waals surface area contributed by atoms with Crippen LogP contribution < -0.4 is 5.32 Å². The lowest BCUT2D eigenvalue weighted by Gasteiger charge is -2.29. The summed E-state index contributed by atoms with van der Waals surface area (Å²) in [5, 5.41) is 10.2. The number of amides is 2. The van der Waals surface area contributed by atoms with Crippen molar-refractivity contribution in [1.29, 1.82) is 0 Å². The van der Waals surface area contributed by atoms with Gasteiger partial charge >= 0.3 is 12.1 Å². The van der Waals surface area contributed by atoms with E-state index >= 15 is 0 Å². The lowest BCUT2D eigenvalue weighted by Crippen LogP contribution is -2.62. The predicted octanol–water partition coefficient (Wildman–Crippen LogP) is 0.377. The topological polar surface area (TPSA) is 86.7 Å². The molecule has 0 saturated carbocycles. The number of hydrogen-bond donors (Lipinski definition) is 2. The molecule has 1 rings (SSSR count). The van der Waals surface area contributed by atoms with Crippen LogP contribution >= 0.6 is 0 Å². The Balaban J connectivity index is 2.84. The normalized spacial score (nSPS) is 22.6. The maximum atomic E-state index is 12.7. The van der Waals surface area contributed by atoms with Crippen LogP contribution in [0.25, 0.3) is 0 Å². The van der Waals surface area contributed by atoms with Crippen LogP contribution in [0.5, 0.6) is 0 Å². The Morgan fingerprint density at radius 3 is 2.35 bits per heavy atom. The number of carbonyl (C=O) groups is 3. The van der Waals surface area contributed by atoms with Crippen molar-refractivity contribution in [2.24, 2.45) is 5.92 Å². The van der Waals surface area contributed by atoms with Crippen molar-refractivity contribution in [3.05, 3.63) is 0 Å². The molecule has 0 bridgehead atoms. The van der Waals surface area contributed by atoms with Gasteiger partial charge in [-0.3, -0.25) is 9.59 Å². The molecule has 1 fully saturated rings. The minimum atomic E-state index is -5.14. The van der Waals surface area contributed by atoms with Crippen LogP contribution in [0, 0.1) is 5.92 Å². The van der Waals surface area contributed by atoms with Gasteiger partial charge in [0.2, 0.25) is 17.4 Å². The zero-order valence-electron chi connectivity index (χ0n) is 11.0. The number of carbonyl (C=O) groups excluding carboxylic acids is 2. The Morgan fingerprint density at radius 2 is 2.00 bits per heavy atom. The Hall–Kier alpha value is -1.80. The summed E-state index contributed by atoms with van der Waals surface area (Å²) in [4.78, 5) is 35.3. The Kier molecular flexibility index (Phi) is 4.30. The largest absolute Gasteiger partial charge is 0.479 e. The van der Waals surface area contributed by atoms with Crippen molar-refractivity contribution >= 4 is 17.8 Å². The lowest BCUT2D eigenvalue weighted by atomic mass is 9.99. The summed E-state index contributed by atoms with van der Waals surface area (Å²) in [5.74, 6) is -4.59. The van der Waals surface area contributed by atoms with E-state index in [9.17, 15) is 27.6 Å². The van der Waals surface area contributed by atoms with Crippen molar-refractivity contribution in [3.63, 3.8) is 0 Å². The average molecular weight is 296 g/mol. The van der Waals surface area contributed by atoms with Crippen LogP contribution in [0.4, 0.5) is 13.2 Å². The number of hydrogen-bond acceptors (Lipinski definition) is 3. The molecule has 2 N–H and O–H groups in total. The third-order valence-electron chi connectivity index (χ3n) is 3.33. The molecule has 1 aliphatic rings. The zero-order valence-corrected chi connectivity index (χ0v) is 11.0. The van der Waals surface area contributed by atoms with Gasteiger partial charge in [-0.05, 0) is 13.8 Å². The highest BCUT2D eigenvalue weighted by Gasteiger charge is 2.59. The van der Waals surface area contributed by atoms with Crippen LogP contribution in [0.3, 0.4) is 0 Å². The molecule has 0 aliphatic carbocycles. The molecule has 2 unspecified atom stereocenters. The second kappa shape index (κ2) is 5.29. The van der Waals surface area contributed by atoms with Crippen molar-refractivity contribution < 1.29 is 32.7 Å². The Labute approximate surface area is 112 Å². The smallest absolute Gasteiger partial charge is 0.422 e. The highest BCUT2D eigenvalue weighted by Crippen LogP contribution is 2.31. The fourth-order valence-corrected chi connectivity index (χ4v) is 1.85. The van der Waals surface area contributed by atoms with Crippen molar-refractivity contribution in [1.82, 2.24) is 10.2 Å². The van der Waals surface area contributed by atoms with Crippen LogP contribution in [0.15, 0.2) is 0 Å². The minimum absolute atomic E-state index is 0.00524. The second-order valence-corrected chi connectivity index (χ2v) is 4.75. The van der Waals surface area contributed by atoms with E-state index in [1.165, 1.54) is 10.2 Å². The highest BCUT2D eigenvalue weighted by molar-refractivity contribution is 5.92. The summed E-state index contributed by atoms with van der Waals surface area (Å²) in [6.07, 6.45) is -5.35. The fraction of sp³-hybridized carbons (Fsp3) is 0.727. The number of nitrogens with zero attached hydrogens (tertiary/aromatic N) is 1. The third kappa shape index (κ3) is 2.86. The molecule has 20 heavy (non-hydrogen) atoms. The van der Waals surface area contributed by atoms with E-state index in [-0.39, 0.29) is 18.9 Å². The van der Waals surface area contributed by atoms with Crippen molar-refractivity contribution in [2.75, 3.05) is 13.1 Å². The fourth-order valence-electron chi connectivity index (χ4n) is 1.85. The Morgan fingerprint density at radius 1 is 1.45 bits per heavy atom. The molecule has 0 aromatic heterocycles. The van der Waals surface area contributed by atoms with Gasteiger partial charge in [0.1, 0.15) is 0 Å². The third-order valence-corrected chi connectivity index (χ3v) is 3.33. The first-order valence-corrected chi connectivity index (χ1v) is 5.92. The number of likely N-dealkylation sites (tertiary alicyclic amines) is 1. The van der Waals surface area contributed by atoms with E-state index < -0.39 is 29.5 Å². The summed E-state index contributed by atoms with van der Waals surface area (Å²) >= 11 is 0. The van der Waals surface area contributed by atoms with Gasteiger partial charge in [0.15, 0.2) is 0 Å². The van der Waals surface area contributed by atoms with Gasteiger partial charge < -0.3 is 15.3 Å². The highest BCUT2D eigenvalue weighted by atomic mass is 19.4. The zero-order chi connectivity index (χ0) is 15.7. The summed E-state index contributed by atoms with van der Waals surface area (Å²) in [7, 11) is 0. The van der Waals surface area contributed by atoms with E-state index in [1.54, 1.807) is 6.92 Å². The van der Waals surface area contributed by atoms with Gasteiger partial charge in [0, 0.05) is 19.5 Å². The van der Waals surface area contributed by atoms with Gasteiger partial charge in [-0.1, -0.05) is 0 Å². The van der Waals surface area contributed by atoms with Gasteiger partial charge in [-0.15, -0.1) is 0 Å². The van der Waals surface area contributed by atoms with E-state index in [4.69, 9.17) is 5.11 Å². The van der Waals surface area contributed by atoms with Crippen molar-refractivity contribution in [3.8, 4) is 0 Å². The van der Waals surface area contributed by atoms with Crippen LogP contribution in [0.2, 0.25) is 0 Å². The minimum Gasteiger partial charge on any atom is -0.479 e. The summed E-state index contributed by atoms with van der Waals surface area (Å²) < 4.78 is 38.2. The van der Waals surface area contributed by atoms with E-state index in [0.29, 0.717) is 13.5 Å². The quantitative estimate of drug-likeness (QED) is 0.785. The number of carboxylic acid groups (broad SMARTS) is 1. The number of halogens is 3. The van der Waals surface area contributed by atoms with Crippen LogP contribution in [-0.4, -0.2) is 52.6 Å². The lowest BCUT2D eigenvalue weighted by molar-refractivity contribution is -0.207. The molecule has 2 amide bonds. The molecule has 0 aromatic rings. The molecule has 0 radical (unpaired) electrons. The maximum Gasteiger partial charge on any atom is 0.422 e. The van der Waals surface area contributed by atoms with Gasteiger partial charge in [0.25, 0.3) is 0 Å². The number of rotatable bonds is 4. The van der Waals surface area contributed by atoms with Crippen LogP contribution in [-0.2, 0) is 14.4 Å². The molecule has 1 heterocycles. The second-order valence-electron chi connectivity index (χ2n) is 4.75. The number of carboxylic acids is 1. The standard InChI is InChI=1S/C11H15F3N2O4/c1-3-16-5-6(4-7(16)17)8(18)15-10(2,9(19)20)11(12,13)14/h6H,3-5H2,1-2H3,(H,15,18)(H,19,20). The molecule has 0 spiro atoms. The molecule has 114 valence electrons. The maximum absolute atomic E-state index is 12.7. The van der Waals surface area contributed by atoms with E-state index in [1.807, 2.05) is 0 Å². The first-order chi connectivity index (χ1) is 9.02. The number of alkyl halides is 3. The van der Waals surface area contributed by atoms with Gasteiger partial charge in [-0.25, -0.2) is 4.79 Å². The summed E-state index contributed by atoms with van der Waals surface area (Å²) in [6, 6.07) is 0. The van der Waals surface area contributed by atoms with Gasteiger partial charge in [0.05, 0.1) is 5.92 Å². The van der Waals surface area contributed by atoms with E-state index in [2.05, 4.69) is 0 Å². The molecule has 1 aliphatic heterocycles. The first kappa shape index (κ1) is 16.3. The SMILES string of the molecule is CCN1CC(C(=O)NC(C)(C(=O)O)C(F)(F)F)CC1=O. The predicted molar refractivity (Wildman–Crippen MR) is 60.6 cm³/mol. The molecule has 6 nitrogen and oxygen atoms in total. The molecule has 2 atom stereocenters. The molecular weight excluding hydrogens is 281 g/mol. The van der Waals surface area contributed by atoms with Crippen LogP contribution in [0.1, 0.15) is 20.3 Å². The summed E-state index contributed by atoms with van der Waals surface area (Å²) in [5.41, 5.74) is -3.37. The average Bonchev–Trinajstić information content (AvgIpc) is 2.68.